The van der Waals surface area contributed by atoms with Gasteiger partial charge in [-0.3, -0.25) is 9.69 Å². The lowest BCUT2D eigenvalue weighted by atomic mass is 10.0. The van der Waals surface area contributed by atoms with E-state index in [0.717, 1.165) is 44.1 Å². The van der Waals surface area contributed by atoms with Crippen LogP contribution in [0.2, 0.25) is 0 Å². The molecule has 1 fully saturated rings. The van der Waals surface area contributed by atoms with Crippen molar-refractivity contribution >= 4 is 5.78 Å². The van der Waals surface area contributed by atoms with Gasteiger partial charge in [-0.05, 0) is 25.0 Å². The average molecular weight is 254 g/mol. The molecule has 0 radical (unpaired) electrons. The van der Waals surface area contributed by atoms with Crippen molar-refractivity contribution < 1.29 is 13.6 Å². The molecule has 1 aliphatic rings. The standard InChI is InChI=1S/C13H16F2N2O/c14-10-5-9(6-11(15)7-10)13(18)8-17-3-1-12(16)2-4-17/h5-7,12H,1-4,8,16H2. The zero-order valence-electron chi connectivity index (χ0n) is 10.0. The highest BCUT2D eigenvalue weighted by molar-refractivity contribution is 5.97. The molecule has 0 atom stereocenters. The predicted molar refractivity (Wildman–Crippen MR) is 64.3 cm³/mol. The molecule has 0 saturated carbocycles. The third-order valence-corrected chi connectivity index (χ3v) is 3.18. The summed E-state index contributed by atoms with van der Waals surface area (Å²) in [7, 11) is 0. The van der Waals surface area contributed by atoms with Gasteiger partial charge in [0.2, 0.25) is 0 Å². The van der Waals surface area contributed by atoms with E-state index in [1.807, 2.05) is 4.90 Å². The first-order chi connectivity index (χ1) is 8.54. The van der Waals surface area contributed by atoms with Gasteiger partial charge in [0.25, 0.3) is 0 Å². The predicted octanol–water partition coefficient (Wildman–Crippen LogP) is 1.57. The zero-order chi connectivity index (χ0) is 13.1. The second-order valence-corrected chi connectivity index (χ2v) is 4.69. The van der Waals surface area contributed by atoms with Crippen LogP contribution < -0.4 is 5.73 Å². The van der Waals surface area contributed by atoms with Crippen LogP contribution in [0.15, 0.2) is 18.2 Å². The highest BCUT2D eigenvalue weighted by Crippen LogP contribution is 2.12. The Morgan fingerprint density at radius 3 is 2.33 bits per heavy atom. The van der Waals surface area contributed by atoms with Crippen molar-refractivity contribution in [2.24, 2.45) is 5.73 Å². The normalized spacial score (nSPS) is 17.9. The van der Waals surface area contributed by atoms with Crippen LogP contribution in [0.3, 0.4) is 0 Å². The van der Waals surface area contributed by atoms with Gasteiger partial charge in [0, 0.05) is 30.8 Å². The minimum atomic E-state index is -0.723. The summed E-state index contributed by atoms with van der Waals surface area (Å²) in [5, 5.41) is 0. The number of Topliss-reactive ketones (excluding diaryl/α,β-unsaturated/α-hetero) is 1. The molecule has 0 aromatic heterocycles. The lowest BCUT2D eigenvalue weighted by Crippen LogP contribution is -2.41. The molecular formula is C13H16F2N2O. The van der Waals surface area contributed by atoms with E-state index in [0.29, 0.717) is 0 Å². The van der Waals surface area contributed by atoms with Gasteiger partial charge in [0.05, 0.1) is 6.54 Å². The maximum absolute atomic E-state index is 13.0. The average Bonchev–Trinajstić information content (AvgIpc) is 2.31. The fraction of sp³-hybridized carbons (Fsp3) is 0.462. The van der Waals surface area contributed by atoms with Gasteiger partial charge in [0.1, 0.15) is 11.6 Å². The van der Waals surface area contributed by atoms with Gasteiger partial charge in [-0.15, -0.1) is 0 Å². The Morgan fingerprint density at radius 2 is 1.78 bits per heavy atom. The molecule has 18 heavy (non-hydrogen) atoms. The van der Waals surface area contributed by atoms with Crippen LogP contribution >= 0.6 is 0 Å². The van der Waals surface area contributed by atoms with Gasteiger partial charge < -0.3 is 5.73 Å². The van der Waals surface area contributed by atoms with E-state index in [4.69, 9.17) is 5.73 Å². The summed E-state index contributed by atoms with van der Waals surface area (Å²) in [5.41, 5.74) is 5.85. The number of hydrogen-bond donors (Lipinski definition) is 1. The summed E-state index contributed by atoms with van der Waals surface area (Å²) in [6.07, 6.45) is 1.70. The largest absolute Gasteiger partial charge is 0.328 e. The topological polar surface area (TPSA) is 46.3 Å². The summed E-state index contributed by atoms with van der Waals surface area (Å²) < 4.78 is 26.0. The van der Waals surface area contributed by atoms with Gasteiger partial charge in [0.15, 0.2) is 5.78 Å². The Kier molecular flexibility index (Phi) is 4.04. The van der Waals surface area contributed by atoms with E-state index in [2.05, 4.69) is 0 Å². The molecule has 3 nitrogen and oxygen atoms in total. The third-order valence-electron chi connectivity index (χ3n) is 3.18. The van der Waals surface area contributed by atoms with Crippen molar-refractivity contribution in [3.63, 3.8) is 0 Å². The monoisotopic (exact) mass is 254 g/mol. The second kappa shape index (κ2) is 5.54. The molecule has 1 aromatic carbocycles. The van der Waals surface area contributed by atoms with E-state index >= 15 is 0 Å². The smallest absolute Gasteiger partial charge is 0.177 e. The maximum atomic E-state index is 13.0. The molecule has 1 heterocycles. The molecule has 0 aliphatic carbocycles. The number of carbonyl (C=O) groups is 1. The molecule has 1 aromatic rings. The van der Waals surface area contributed by atoms with Gasteiger partial charge in [-0.2, -0.15) is 0 Å². The van der Waals surface area contributed by atoms with E-state index < -0.39 is 11.6 Å². The van der Waals surface area contributed by atoms with E-state index in [9.17, 15) is 13.6 Å². The number of nitrogens with zero attached hydrogens (tertiary/aromatic N) is 1. The summed E-state index contributed by atoms with van der Waals surface area (Å²) in [4.78, 5) is 13.9. The first-order valence-corrected chi connectivity index (χ1v) is 6.02. The Labute approximate surface area is 105 Å². The lowest BCUT2D eigenvalue weighted by Gasteiger charge is -2.29. The first kappa shape index (κ1) is 13.1. The van der Waals surface area contributed by atoms with Gasteiger partial charge in [-0.25, -0.2) is 8.78 Å². The van der Waals surface area contributed by atoms with E-state index in [-0.39, 0.29) is 23.9 Å². The first-order valence-electron chi connectivity index (χ1n) is 6.02. The van der Waals surface area contributed by atoms with Crippen LogP contribution in [0, 0.1) is 11.6 Å². The van der Waals surface area contributed by atoms with E-state index in [1.165, 1.54) is 0 Å². The minimum Gasteiger partial charge on any atom is -0.328 e. The highest BCUT2D eigenvalue weighted by atomic mass is 19.1. The van der Waals surface area contributed by atoms with Crippen LogP contribution in [-0.2, 0) is 0 Å². The lowest BCUT2D eigenvalue weighted by molar-refractivity contribution is 0.0909. The second-order valence-electron chi connectivity index (χ2n) is 4.69. The molecule has 2 N–H and O–H groups in total. The molecule has 0 amide bonds. The summed E-state index contributed by atoms with van der Waals surface area (Å²) in [6.45, 7) is 1.70. The molecular weight excluding hydrogens is 238 g/mol. The summed E-state index contributed by atoms with van der Waals surface area (Å²) >= 11 is 0. The van der Waals surface area contributed by atoms with Crippen molar-refractivity contribution in [3.05, 3.63) is 35.4 Å². The molecule has 5 heteroatoms. The number of piperidine rings is 1. The van der Waals surface area contributed by atoms with Crippen LogP contribution in [-0.4, -0.2) is 36.4 Å². The SMILES string of the molecule is NC1CCN(CC(=O)c2cc(F)cc(F)c2)CC1. The third kappa shape index (κ3) is 3.34. The number of benzene rings is 1. The Balaban J connectivity index is 1.99. The molecule has 98 valence electrons. The molecule has 2 rings (SSSR count). The van der Waals surface area contributed by atoms with Crippen LogP contribution in [0.25, 0.3) is 0 Å². The fourth-order valence-corrected chi connectivity index (χ4v) is 2.12. The molecule has 1 saturated heterocycles. The highest BCUT2D eigenvalue weighted by Gasteiger charge is 2.19. The van der Waals surface area contributed by atoms with Gasteiger partial charge in [-0.1, -0.05) is 0 Å². The molecule has 0 spiro atoms. The van der Waals surface area contributed by atoms with Gasteiger partial charge >= 0.3 is 0 Å². The van der Waals surface area contributed by atoms with Crippen LogP contribution in [0.4, 0.5) is 8.78 Å². The van der Waals surface area contributed by atoms with Crippen molar-refractivity contribution in [2.75, 3.05) is 19.6 Å². The molecule has 1 aliphatic heterocycles. The Bertz CT molecular complexity index is 422. The molecule has 0 bridgehead atoms. The van der Waals surface area contributed by atoms with Crippen molar-refractivity contribution in [2.45, 2.75) is 18.9 Å². The number of carbonyl (C=O) groups excluding carboxylic acids is 1. The number of likely N-dealkylation sites (tertiary alicyclic amines) is 1. The number of hydrogen-bond acceptors (Lipinski definition) is 3. The van der Waals surface area contributed by atoms with Crippen molar-refractivity contribution in [1.29, 1.82) is 0 Å². The molecule has 0 unspecified atom stereocenters. The number of nitrogens with two attached hydrogens (primary N) is 1. The van der Waals surface area contributed by atoms with E-state index in [1.54, 1.807) is 0 Å². The van der Waals surface area contributed by atoms with Crippen molar-refractivity contribution in [1.82, 2.24) is 4.90 Å². The van der Waals surface area contributed by atoms with Crippen molar-refractivity contribution in [3.8, 4) is 0 Å². The Morgan fingerprint density at radius 1 is 1.22 bits per heavy atom. The Hall–Kier alpha value is -1.33. The number of halogens is 2. The zero-order valence-corrected chi connectivity index (χ0v) is 10.0. The minimum absolute atomic E-state index is 0.0855. The fourth-order valence-electron chi connectivity index (χ4n) is 2.12. The quantitative estimate of drug-likeness (QED) is 0.833. The maximum Gasteiger partial charge on any atom is 0.177 e. The summed E-state index contributed by atoms with van der Waals surface area (Å²) in [5.74, 6) is -1.71. The number of ketones is 1. The number of rotatable bonds is 3. The van der Waals surface area contributed by atoms with Crippen LogP contribution in [0.5, 0.6) is 0 Å². The summed E-state index contributed by atoms with van der Waals surface area (Å²) in [6, 6.07) is 3.10. The van der Waals surface area contributed by atoms with Crippen LogP contribution in [0.1, 0.15) is 23.2 Å².